The summed E-state index contributed by atoms with van der Waals surface area (Å²) < 4.78 is 0. The van der Waals surface area contributed by atoms with Crippen LogP contribution in [0.3, 0.4) is 0 Å². The molecule has 0 amide bonds. The number of anilines is 1. The van der Waals surface area contributed by atoms with Gasteiger partial charge in [-0.1, -0.05) is 30.4 Å². The minimum absolute atomic E-state index is 1.23. The second kappa shape index (κ2) is 3.97. The maximum atomic E-state index is 2.12. The quantitative estimate of drug-likeness (QED) is 0.645. The van der Waals surface area contributed by atoms with Crippen molar-refractivity contribution in [2.75, 3.05) is 4.90 Å². The molecule has 0 N–H and O–H groups in total. The summed E-state index contributed by atoms with van der Waals surface area (Å²) in [6, 6.07) is 8.36. The van der Waals surface area contributed by atoms with Crippen molar-refractivity contribution in [3.8, 4) is 0 Å². The van der Waals surface area contributed by atoms with Crippen molar-refractivity contribution in [2.24, 2.45) is 0 Å². The van der Waals surface area contributed by atoms with Crippen molar-refractivity contribution in [3.05, 3.63) is 66.5 Å². The third-order valence-corrected chi connectivity index (χ3v) is 2.22. The molecule has 1 aliphatic heterocycles. The smallest absolute Gasteiger partial charge is 0.0478 e. The van der Waals surface area contributed by atoms with Gasteiger partial charge in [0.15, 0.2) is 0 Å². The predicted molar refractivity (Wildman–Crippen MR) is 61.1 cm³/mol. The van der Waals surface area contributed by atoms with Crippen LogP contribution in [-0.4, -0.2) is 0 Å². The molecule has 1 aromatic rings. The van der Waals surface area contributed by atoms with E-state index in [4.69, 9.17) is 0 Å². The maximum absolute atomic E-state index is 2.12. The van der Waals surface area contributed by atoms with Crippen LogP contribution in [0.4, 0.5) is 5.69 Å². The zero-order valence-corrected chi connectivity index (χ0v) is 8.22. The summed E-state index contributed by atoms with van der Waals surface area (Å²) in [5.74, 6) is 0. The fraction of sp³-hybridized carbons (Fsp3) is 0.0769. The summed E-state index contributed by atoms with van der Waals surface area (Å²) >= 11 is 0. The van der Waals surface area contributed by atoms with Gasteiger partial charge in [0.1, 0.15) is 0 Å². The fourth-order valence-electron chi connectivity index (χ4n) is 1.48. The minimum Gasteiger partial charge on any atom is -0.324 e. The van der Waals surface area contributed by atoms with Crippen molar-refractivity contribution < 1.29 is 0 Å². The Hall–Kier alpha value is -1.76. The number of rotatable bonds is 1. The fourth-order valence-corrected chi connectivity index (χ4v) is 1.48. The lowest BCUT2D eigenvalue weighted by molar-refractivity contribution is 1.25. The van der Waals surface area contributed by atoms with Gasteiger partial charge in [0, 0.05) is 18.1 Å². The van der Waals surface area contributed by atoms with Gasteiger partial charge in [-0.3, -0.25) is 0 Å². The largest absolute Gasteiger partial charge is 0.324 e. The number of aryl methyl sites for hydroxylation is 1. The van der Waals surface area contributed by atoms with Crippen molar-refractivity contribution in [2.45, 2.75) is 6.92 Å². The van der Waals surface area contributed by atoms with E-state index >= 15 is 0 Å². The lowest BCUT2D eigenvalue weighted by Crippen LogP contribution is -2.07. The SMILES string of the molecule is Cc1ccccc1N1C=CC=CC=C1. The molecule has 1 nitrogen and oxygen atoms in total. The normalized spacial score (nSPS) is 14.5. The second-order valence-electron chi connectivity index (χ2n) is 3.26. The molecule has 0 radical (unpaired) electrons. The highest BCUT2D eigenvalue weighted by molar-refractivity contribution is 5.58. The molecule has 0 atom stereocenters. The monoisotopic (exact) mass is 183 g/mol. The van der Waals surface area contributed by atoms with Crippen LogP contribution in [0.1, 0.15) is 5.56 Å². The Kier molecular flexibility index (Phi) is 2.50. The van der Waals surface area contributed by atoms with Gasteiger partial charge in [0.25, 0.3) is 0 Å². The number of para-hydroxylation sites is 1. The number of allylic oxidation sites excluding steroid dienone is 4. The van der Waals surface area contributed by atoms with Crippen molar-refractivity contribution in [3.63, 3.8) is 0 Å². The van der Waals surface area contributed by atoms with Gasteiger partial charge in [0.2, 0.25) is 0 Å². The van der Waals surface area contributed by atoms with Crippen molar-refractivity contribution in [1.29, 1.82) is 0 Å². The topological polar surface area (TPSA) is 3.24 Å². The van der Waals surface area contributed by atoms with E-state index in [1.165, 1.54) is 11.3 Å². The van der Waals surface area contributed by atoms with Gasteiger partial charge in [-0.15, -0.1) is 0 Å². The average Bonchev–Trinajstić information content (AvgIpc) is 2.47. The summed E-state index contributed by atoms with van der Waals surface area (Å²) in [5.41, 5.74) is 2.51. The number of nitrogens with zero attached hydrogens (tertiary/aromatic N) is 1. The molecule has 14 heavy (non-hydrogen) atoms. The van der Waals surface area contributed by atoms with E-state index in [0.717, 1.165) is 0 Å². The molecule has 0 spiro atoms. The number of benzene rings is 1. The van der Waals surface area contributed by atoms with E-state index in [-0.39, 0.29) is 0 Å². The lowest BCUT2D eigenvalue weighted by atomic mass is 10.2. The molecule has 1 heterocycles. The van der Waals surface area contributed by atoms with Gasteiger partial charge in [-0.25, -0.2) is 0 Å². The molecular formula is C13H13N. The molecule has 0 saturated carbocycles. The molecule has 0 aromatic heterocycles. The molecule has 0 saturated heterocycles. The highest BCUT2D eigenvalue weighted by Crippen LogP contribution is 2.20. The van der Waals surface area contributed by atoms with Gasteiger partial charge < -0.3 is 4.90 Å². The van der Waals surface area contributed by atoms with Gasteiger partial charge in [-0.2, -0.15) is 0 Å². The summed E-state index contributed by atoms with van der Waals surface area (Å²) in [6.45, 7) is 2.12. The molecule has 1 heteroatoms. The van der Waals surface area contributed by atoms with Crippen molar-refractivity contribution >= 4 is 5.69 Å². The summed E-state index contributed by atoms with van der Waals surface area (Å²) in [7, 11) is 0. The molecule has 70 valence electrons. The van der Waals surface area contributed by atoms with E-state index in [1.807, 2.05) is 24.3 Å². The molecule has 0 aliphatic carbocycles. The first-order valence-electron chi connectivity index (χ1n) is 4.73. The van der Waals surface area contributed by atoms with Crippen LogP contribution in [0.5, 0.6) is 0 Å². The Balaban J connectivity index is 2.36. The third kappa shape index (κ3) is 1.77. The summed E-state index contributed by atoms with van der Waals surface area (Å²) in [4.78, 5) is 2.12. The van der Waals surface area contributed by atoms with Gasteiger partial charge in [0.05, 0.1) is 0 Å². The summed E-state index contributed by atoms with van der Waals surface area (Å²) in [5, 5.41) is 0. The van der Waals surface area contributed by atoms with E-state index in [0.29, 0.717) is 0 Å². The van der Waals surface area contributed by atoms with Crippen LogP contribution in [0.15, 0.2) is 61.0 Å². The molecule has 0 unspecified atom stereocenters. The Bertz CT molecular complexity index is 383. The van der Waals surface area contributed by atoms with Crippen LogP contribution in [0.2, 0.25) is 0 Å². The first-order chi connectivity index (χ1) is 6.88. The van der Waals surface area contributed by atoms with E-state index in [1.54, 1.807) is 0 Å². The Morgan fingerprint density at radius 3 is 2.14 bits per heavy atom. The van der Waals surface area contributed by atoms with Crippen LogP contribution in [-0.2, 0) is 0 Å². The Morgan fingerprint density at radius 2 is 1.50 bits per heavy atom. The van der Waals surface area contributed by atoms with E-state index in [2.05, 4.69) is 48.5 Å². The Morgan fingerprint density at radius 1 is 0.857 bits per heavy atom. The molecule has 1 aromatic carbocycles. The molecular weight excluding hydrogens is 170 g/mol. The molecule has 0 bridgehead atoms. The van der Waals surface area contributed by atoms with E-state index in [9.17, 15) is 0 Å². The zero-order valence-electron chi connectivity index (χ0n) is 8.22. The number of hydrogen-bond donors (Lipinski definition) is 0. The molecule has 1 aliphatic rings. The first kappa shape index (κ1) is 8.82. The third-order valence-electron chi connectivity index (χ3n) is 2.22. The number of hydrogen-bond acceptors (Lipinski definition) is 1. The first-order valence-corrected chi connectivity index (χ1v) is 4.73. The van der Waals surface area contributed by atoms with Crippen LogP contribution in [0, 0.1) is 6.92 Å². The van der Waals surface area contributed by atoms with Crippen LogP contribution in [0.25, 0.3) is 0 Å². The summed E-state index contributed by atoms with van der Waals surface area (Å²) in [6.07, 6.45) is 12.2. The van der Waals surface area contributed by atoms with Crippen molar-refractivity contribution in [1.82, 2.24) is 0 Å². The average molecular weight is 183 g/mol. The van der Waals surface area contributed by atoms with Crippen LogP contribution >= 0.6 is 0 Å². The van der Waals surface area contributed by atoms with Gasteiger partial charge >= 0.3 is 0 Å². The lowest BCUT2D eigenvalue weighted by Gasteiger charge is -2.17. The van der Waals surface area contributed by atoms with Gasteiger partial charge in [-0.05, 0) is 30.7 Å². The minimum atomic E-state index is 1.23. The van der Waals surface area contributed by atoms with Crippen LogP contribution < -0.4 is 4.90 Å². The molecule has 2 rings (SSSR count). The van der Waals surface area contributed by atoms with E-state index < -0.39 is 0 Å². The Labute approximate surface area is 84.7 Å². The standard InChI is InChI=1S/C13H13N/c1-12-8-4-5-9-13(12)14-10-6-2-3-7-11-14/h2-11H,1H3. The zero-order chi connectivity index (χ0) is 9.80. The highest BCUT2D eigenvalue weighted by Gasteiger charge is 2.01. The maximum Gasteiger partial charge on any atom is 0.0478 e. The molecule has 0 fully saturated rings. The second-order valence-corrected chi connectivity index (χ2v) is 3.26. The predicted octanol–water partition coefficient (Wildman–Crippen LogP) is 3.40. The highest BCUT2D eigenvalue weighted by atomic mass is 15.1.